The van der Waals surface area contributed by atoms with E-state index in [0.29, 0.717) is 6.04 Å². The van der Waals surface area contributed by atoms with Crippen LogP contribution in [0.1, 0.15) is 33.6 Å². The fraction of sp³-hybridized carbons (Fsp3) is 1.00. The molecule has 90 valence electrons. The summed E-state index contributed by atoms with van der Waals surface area (Å²) >= 11 is 0. The molecule has 15 heavy (non-hydrogen) atoms. The van der Waals surface area contributed by atoms with Crippen molar-refractivity contribution in [2.24, 2.45) is 11.8 Å². The number of rotatable bonds is 5. The van der Waals surface area contributed by atoms with E-state index in [1.165, 1.54) is 19.1 Å². The second kappa shape index (κ2) is 4.83. The van der Waals surface area contributed by atoms with E-state index < -0.39 is 9.84 Å². The summed E-state index contributed by atoms with van der Waals surface area (Å²) in [5.74, 6) is 1.83. The monoisotopic (exact) mass is 233 g/mol. The van der Waals surface area contributed by atoms with Gasteiger partial charge in [-0.15, -0.1) is 0 Å². The van der Waals surface area contributed by atoms with E-state index in [0.717, 1.165) is 11.8 Å². The van der Waals surface area contributed by atoms with Crippen molar-refractivity contribution in [3.05, 3.63) is 0 Å². The van der Waals surface area contributed by atoms with Gasteiger partial charge in [-0.3, -0.25) is 0 Å². The first-order valence-corrected chi connectivity index (χ1v) is 7.77. The molecule has 0 bridgehead atoms. The Morgan fingerprint density at radius 2 is 1.80 bits per heavy atom. The first-order chi connectivity index (χ1) is 6.78. The minimum atomic E-state index is -2.85. The maximum Gasteiger partial charge on any atom is 0.148 e. The summed E-state index contributed by atoms with van der Waals surface area (Å²) in [6.07, 6.45) is 3.69. The molecule has 1 rings (SSSR count). The van der Waals surface area contributed by atoms with Gasteiger partial charge in [0.05, 0.1) is 5.75 Å². The van der Waals surface area contributed by atoms with Crippen LogP contribution in [0.3, 0.4) is 0 Å². The molecule has 3 nitrogen and oxygen atoms in total. The highest BCUT2D eigenvalue weighted by atomic mass is 32.2. The quantitative estimate of drug-likeness (QED) is 0.781. The maximum atomic E-state index is 11.1. The summed E-state index contributed by atoms with van der Waals surface area (Å²) in [4.78, 5) is 0. The van der Waals surface area contributed by atoms with Crippen LogP contribution in [0.4, 0.5) is 0 Å². The third-order valence-electron chi connectivity index (χ3n) is 3.19. The summed E-state index contributed by atoms with van der Waals surface area (Å²) in [6.45, 7) is 6.45. The third kappa shape index (κ3) is 4.51. The van der Waals surface area contributed by atoms with Crippen molar-refractivity contribution >= 4 is 9.84 Å². The molecule has 0 aromatic rings. The second-order valence-electron chi connectivity index (χ2n) is 5.33. The summed E-state index contributed by atoms with van der Waals surface area (Å²) in [5, 5.41) is 3.38. The highest BCUT2D eigenvalue weighted by Gasteiger charge is 2.31. The van der Waals surface area contributed by atoms with Gasteiger partial charge in [0.15, 0.2) is 0 Å². The first kappa shape index (κ1) is 13.0. The minimum Gasteiger partial charge on any atom is -0.310 e. The van der Waals surface area contributed by atoms with Crippen LogP contribution in [-0.2, 0) is 9.84 Å². The second-order valence-corrected chi connectivity index (χ2v) is 7.52. The summed E-state index contributed by atoms with van der Waals surface area (Å²) < 4.78 is 22.1. The van der Waals surface area contributed by atoms with Gasteiger partial charge in [-0.25, -0.2) is 8.42 Å². The average molecular weight is 233 g/mol. The number of hydrogen-bond acceptors (Lipinski definition) is 3. The Bertz CT molecular complexity index is 292. The number of hydrogen-bond donors (Lipinski definition) is 1. The van der Waals surface area contributed by atoms with E-state index in [1.54, 1.807) is 0 Å². The van der Waals surface area contributed by atoms with Crippen molar-refractivity contribution in [3.63, 3.8) is 0 Å². The van der Waals surface area contributed by atoms with Crippen molar-refractivity contribution in [3.8, 4) is 0 Å². The van der Waals surface area contributed by atoms with Crippen LogP contribution in [0.5, 0.6) is 0 Å². The normalized spacial score (nSPS) is 28.9. The number of sulfone groups is 1. The van der Waals surface area contributed by atoms with Crippen LogP contribution < -0.4 is 5.32 Å². The van der Waals surface area contributed by atoms with Crippen LogP contribution in [-0.4, -0.2) is 32.5 Å². The Labute approximate surface area is 93.6 Å². The van der Waals surface area contributed by atoms with Gasteiger partial charge in [0.2, 0.25) is 0 Å². The lowest BCUT2D eigenvalue weighted by Crippen LogP contribution is -2.48. The molecular weight excluding hydrogens is 210 g/mol. The molecule has 1 aliphatic carbocycles. The molecule has 0 aromatic heterocycles. The molecule has 0 aliphatic heterocycles. The van der Waals surface area contributed by atoms with Gasteiger partial charge < -0.3 is 5.32 Å². The Balaban J connectivity index is 2.22. The molecule has 1 saturated carbocycles. The Morgan fingerprint density at radius 3 is 2.20 bits per heavy atom. The lowest BCUT2D eigenvalue weighted by molar-refractivity contribution is 0.162. The van der Waals surface area contributed by atoms with Gasteiger partial charge in [-0.05, 0) is 31.6 Å². The zero-order valence-corrected chi connectivity index (χ0v) is 11.0. The van der Waals surface area contributed by atoms with Crippen LogP contribution >= 0.6 is 0 Å². The van der Waals surface area contributed by atoms with E-state index in [-0.39, 0.29) is 11.8 Å². The van der Waals surface area contributed by atoms with Gasteiger partial charge in [-0.1, -0.05) is 13.8 Å². The Kier molecular flexibility index (Phi) is 4.18. The lowest BCUT2D eigenvalue weighted by Gasteiger charge is -2.40. The number of nitrogens with one attached hydrogen (secondary N) is 1. The van der Waals surface area contributed by atoms with Gasteiger partial charge in [0.25, 0.3) is 0 Å². The molecular formula is C11H23NO2S. The highest BCUT2D eigenvalue weighted by molar-refractivity contribution is 7.90. The maximum absolute atomic E-state index is 11.1. The van der Waals surface area contributed by atoms with Crippen LogP contribution in [0, 0.1) is 11.8 Å². The topological polar surface area (TPSA) is 46.2 Å². The molecule has 0 saturated heterocycles. The summed E-state index contributed by atoms with van der Waals surface area (Å²) in [5.41, 5.74) is 0. The molecule has 1 unspecified atom stereocenters. The molecule has 0 heterocycles. The van der Waals surface area contributed by atoms with Crippen molar-refractivity contribution in [1.29, 1.82) is 0 Å². The largest absolute Gasteiger partial charge is 0.310 e. The van der Waals surface area contributed by atoms with Gasteiger partial charge in [0, 0.05) is 18.3 Å². The summed E-state index contributed by atoms with van der Waals surface area (Å²) in [6, 6.07) is 0.618. The fourth-order valence-electron chi connectivity index (χ4n) is 2.25. The third-order valence-corrected chi connectivity index (χ3v) is 4.30. The first-order valence-electron chi connectivity index (χ1n) is 5.71. The Morgan fingerprint density at radius 1 is 1.27 bits per heavy atom. The van der Waals surface area contributed by atoms with Gasteiger partial charge in [-0.2, -0.15) is 0 Å². The van der Waals surface area contributed by atoms with E-state index in [1.807, 2.05) is 6.92 Å². The van der Waals surface area contributed by atoms with Crippen molar-refractivity contribution in [2.75, 3.05) is 12.0 Å². The molecule has 1 atom stereocenters. The van der Waals surface area contributed by atoms with Gasteiger partial charge >= 0.3 is 0 Å². The van der Waals surface area contributed by atoms with Crippen molar-refractivity contribution in [2.45, 2.75) is 45.7 Å². The standard InChI is InChI=1S/C11H23NO2S/c1-8(2)10-5-11(6-10)12-9(3)7-15(4,13)14/h8-12H,5-7H2,1-4H3. The Hall–Kier alpha value is -0.0900. The van der Waals surface area contributed by atoms with E-state index >= 15 is 0 Å². The van der Waals surface area contributed by atoms with Crippen LogP contribution in [0.15, 0.2) is 0 Å². The van der Waals surface area contributed by atoms with E-state index in [4.69, 9.17) is 0 Å². The van der Waals surface area contributed by atoms with Crippen LogP contribution in [0.2, 0.25) is 0 Å². The smallest absolute Gasteiger partial charge is 0.148 e. The van der Waals surface area contributed by atoms with Crippen molar-refractivity contribution in [1.82, 2.24) is 5.32 Å². The van der Waals surface area contributed by atoms with E-state index in [9.17, 15) is 8.42 Å². The summed E-state index contributed by atoms with van der Waals surface area (Å²) in [7, 11) is -2.85. The molecule has 4 heteroatoms. The molecule has 1 aliphatic rings. The highest BCUT2D eigenvalue weighted by Crippen LogP contribution is 2.33. The molecule has 0 amide bonds. The molecule has 0 radical (unpaired) electrons. The zero-order chi connectivity index (χ0) is 11.6. The SMILES string of the molecule is CC(CS(C)(=O)=O)NC1CC(C(C)C)C1. The zero-order valence-electron chi connectivity index (χ0n) is 10.2. The minimum absolute atomic E-state index is 0.0816. The van der Waals surface area contributed by atoms with Crippen molar-refractivity contribution < 1.29 is 8.42 Å². The molecule has 1 fully saturated rings. The molecule has 0 aromatic carbocycles. The average Bonchev–Trinajstić information content (AvgIpc) is 1.91. The molecule has 0 spiro atoms. The van der Waals surface area contributed by atoms with Gasteiger partial charge in [0.1, 0.15) is 9.84 Å². The molecule has 1 N–H and O–H groups in total. The predicted octanol–water partition coefficient (Wildman–Crippen LogP) is 1.44. The van der Waals surface area contributed by atoms with Crippen LogP contribution in [0.25, 0.3) is 0 Å². The fourth-order valence-corrected chi connectivity index (χ4v) is 3.25. The lowest BCUT2D eigenvalue weighted by atomic mass is 9.73. The predicted molar refractivity (Wildman–Crippen MR) is 63.7 cm³/mol. The van der Waals surface area contributed by atoms with E-state index in [2.05, 4.69) is 19.2 Å².